The molecule has 3 heteroatoms. The number of ether oxygens (including phenoxy) is 1. The van der Waals surface area contributed by atoms with Gasteiger partial charge in [0.2, 0.25) is 0 Å². The van der Waals surface area contributed by atoms with Gasteiger partial charge in [-0.25, -0.2) is 0 Å². The molecule has 106 valence electrons. The van der Waals surface area contributed by atoms with E-state index in [-0.39, 0.29) is 6.10 Å². The van der Waals surface area contributed by atoms with Gasteiger partial charge in [0.25, 0.3) is 0 Å². The minimum Gasteiger partial charge on any atom is -0.491 e. The molecular weight excluding hydrogens is 272 g/mol. The van der Waals surface area contributed by atoms with Gasteiger partial charge in [-0.05, 0) is 55.7 Å². The third-order valence-electron chi connectivity index (χ3n) is 3.04. The first-order chi connectivity index (χ1) is 9.47. The second-order valence-electron chi connectivity index (χ2n) is 5.15. The zero-order valence-electron chi connectivity index (χ0n) is 11.9. The van der Waals surface area contributed by atoms with Crippen LogP contribution in [0.15, 0.2) is 42.5 Å². The minimum atomic E-state index is -0.679. The van der Waals surface area contributed by atoms with Crippen molar-refractivity contribution in [1.82, 2.24) is 0 Å². The molecule has 1 atom stereocenters. The Kier molecular flexibility index (Phi) is 4.69. The highest BCUT2D eigenvalue weighted by Gasteiger charge is 2.12. The van der Waals surface area contributed by atoms with Crippen LogP contribution in [0.1, 0.15) is 36.6 Å². The summed E-state index contributed by atoms with van der Waals surface area (Å²) < 4.78 is 5.65. The van der Waals surface area contributed by atoms with E-state index in [9.17, 15) is 5.11 Å². The molecule has 0 saturated heterocycles. The first kappa shape index (κ1) is 14.9. The molecule has 0 aliphatic carbocycles. The predicted octanol–water partition coefficient (Wildman–Crippen LogP) is 4.52. The lowest BCUT2D eigenvalue weighted by Gasteiger charge is -2.15. The van der Waals surface area contributed by atoms with Gasteiger partial charge >= 0.3 is 0 Å². The second kappa shape index (κ2) is 6.29. The average molecular weight is 291 g/mol. The van der Waals surface area contributed by atoms with Gasteiger partial charge in [0.05, 0.1) is 6.10 Å². The highest BCUT2D eigenvalue weighted by molar-refractivity contribution is 6.31. The summed E-state index contributed by atoms with van der Waals surface area (Å²) in [6.07, 6.45) is -0.568. The molecule has 2 nitrogen and oxygen atoms in total. The Morgan fingerprint density at radius 2 is 1.75 bits per heavy atom. The molecule has 20 heavy (non-hydrogen) atoms. The zero-order valence-corrected chi connectivity index (χ0v) is 12.7. The van der Waals surface area contributed by atoms with Crippen LogP contribution < -0.4 is 4.74 Å². The van der Waals surface area contributed by atoms with Crippen molar-refractivity contribution in [3.05, 3.63) is 64.2 Å². The molecule has 0 spiro atoms. The van der Waals surface area contributed by atoms with Crippen molar-refractivity contribution in [2.75, 3.05) is 0 Å². The van der Waals surface area contributed by atoms with Crippen LogP contribution in [-0.2, 0) is 0 Å². The van der Waals surface area contributed by atoms with Gasteiger partial charge in [-0.15, -0.1) is 0 Å². The van der Waals surface area contributed by atoms with Crippen molar-refractivity contribution in [2.24, 2.45) is 0 Å². The van der Waals surface area contributed by atoms with Crippen LogP contribution in [0.25, 0.3) is 0 Å². The summed E-state index contributed by atoms with van der Waals surface area (Å²) in [5.41, 5.74) is 2.59. The van der Waals surface area contributed by atoms with E-state index in [1.807, 2.05) is 63.2 Å². The van der Waals surface area contributed by atoms with Gasteiger partial charge in [-0.2, -0.15) is 0 Å². The molecule has 0 aliphatic rings. The summed E-state index contributed by atoms with van der Waals surface area (Å²) >= 11 is 6.01. The molecule has 2 aromatic rings. The predicted molar refractivity (Wildman–Crippen MR) is 82.5 cm³/mol. The number of benzene rings is 2. The topological polar surface area (TPSA) is 29.5 Å². The largest absolute Gasteiger partial charge is 0.491 e. The summed E-state index contributed by atoms with van der Waals surface area (Å²) in [4.78, 5) is 0. The molecule has 0 saturated carbocycles. The van der Waals surface area contributed by atoms with E-state index in [0.29, 0.717) is 5.02 Å². The highest BCUT2D eigenvalue weighted by Crippen LogP contribution is 2.28. The molecule has 1 unspecified atom stereocenters. The zero-order chi connectivity index (χ0) is 14.7. The number of aliphatic hydroxyl groups is 1. The van der Waals surface area contributed by atoms with Crippen molar-refractivity contribution >= 4 is 11.6 Å². The monoisotopic (exact) mass is 290 g/mol. The number of aryl methyl sites for hydroxylation is 1. The standard InChI is InChI=1S/C17H19ClO2/c1-11(2)20-15-6-4-5-13(10-15)17(19)14-7-8-16(18)12(3)9-14/h4-11,17,19H,1-3H3. The summed E-state index contributed by atoms with van der Waals surface area (Å²) in [5, 5.41) is 11.2. The third-order valence-corrected chi connectivity index (χ3v) is 3.47. The Morgan fingerprint density at radius 3 is 2.40 bits per heavy atom. The molecule has 0 heterocycles. The van der Waals surface area contributed by atoms with E-state index in [1.54, 1.807) is 0 Å². The third kappa shape index (κ3) is 3.53. The summed E-state index contributed by atoms with van der Waals surface area (Å²) in [7, 11) is 0. The lowest BCUT2D eigenvalue weighted by molar-refractivity contribution is 0.216. The van der Waals surface area contributed by atoms with E-state index in [1.165, 1.54) is 0 Å². The molecule has 0 amide bonds. The van der Waals surface area contributed by atoms with E-state index >= 15 is 0 Å². The van der Waals surface area contributed by atoms with Crippen molar-refractivity contribution in [3.8, 4) is 5.75 Å². The molecule has 2 aromatic carbocycles. The van der Waals surface area contributed by atoms with Gasteiger partial charge in [-0.3, -0.25) is 0 Å². The van der Waals surface area contributed by atoms with Crippen LogP contribution in [0.2, 0.25) is 5.02 Å². The van der Waals surface area contributed by atoms with E-state index in [2.05, 4.69) is 0 Å². The number of aliphatic hydroxyl groups excluding tert-OH is 1. The fraction of sp³-hybridized carbons (Fsp3) is 0.294. The molecule has 0 aromatic heterocycles. The molecule has 2 rings (SSSR count). The van der Waals surface area contributed by atoms with Crippen LogP contribution >= 0.6 is 11.6 Å². The maximum absolute atomic E-state index is 10.5. The lowest BCUT2D eigenvalue weighted by Crippen LogP contribution is -2.06. The molecule has 0 bridgehead atoms. The first-order valence-electron chi connectivity index (χ1n) is 6.68. The van der Waals surface area contributed by atoms with E-state index in [4.69, 9.17) is 16.3 Å². The molecular formula is C17H19ClO2. The average Bonchev–Trinajstić information content (AvgIpc) is 2.40. The van der Waals surface area contributed by atoms with Crippen molar-refractivity contribution in [1.29, 1.82) is 0 Å². The van der Waals surface area contributed by atoms with Crippen LogP contribution in [0.4, 0.5) is 0 Å². The number of hydrogen-bond donors (Lipinski definition) is 1. The Labute approximate surface area is 125 Å². The normalized spacial score (nSPS) is 12.5. The smallest absolute Gasteiger partial charge is 0.120 e. The first-order valence-corrected chi connectivity index (χ1v) is 7.06. The summed E-state index contributed by atoms with van der Waals surface area (Å²) in [6, 6.07) is 13.1. The summed E-state index contributed by atoms with van der Waals surface area (Å²) in [5.74, 6) is 0.766. The maximum atomic E-state index is 10.5. The summed E-state index contributed by atoms with van der Waals surface area (Å²) in [6.45, 7) is 5.88. The second-order valence-corrected chi connectivity index (χ2v) is 5.56. The van der Waals surface area contributed by atoms with Crippen LogP contribution in [0.3, 0.4) is 0 Å². The Bertz CT molecular complexity index is 593. The van der Waals surface area contributed by atoms with Gasteiger partial charge < -0.3 is 9.84 Å². The highest BCUT2D eigenvalue weighted by atomic mass is 35.5. The quantitative estimate of drug-likeness (QED) is 0.897. The van der Waals surface area contributed by atoms with Gasteiger partial charge in [0.15, 0.2) is 0 Å². The van der Waals surface area contributed by atoms with Crippen molar-refractivity contribution in [3.63, 3.8) is 0 Å². The van der Waals surface area contributed by atoms with Gasteiger partial charge in [0.1, 0.15) is 11.9 Å². The Balaban J connectivity index is 2.28. The van der Waals surface area contributed by atoms with Crippen LogP contribution in [0.5, 0.6) is 5.75 Å². The van der Waals surface area contributed by atoms with Gasteiger partial charge in [-0.1, -0.05) is 35.9 Å². The maximum Gasteiger partial charge on any atom is 0.120 e. The van der Waals surface area contributed by atoms with Crippen LogP contribution in [0, 0.1) is 6.92 Å². The van der Waals surface area contributed by atoms with Gasteiger partial charge in [0, 0.05) is 5.02 Å². The molecule has 1 N–H and O–H groups in total. The fourth-order valence-corrected chi connectivity index (χ4v) is 2.18. The Hall–Kier alpha value is -1.51. The van der Waals surface area contributed by atoms with E-state index in [0.717, 1.165) is 22.4 Å². The number of halogens is 1. The van der Waals surface area contributed by atoms with Crippen LogP contribution in [-0.4, -0.2) is 11.2 Å². The number of rotatable bonds is 4. The molecule has 0 aliphatic heterocycles. The van der Waals surface area contributed by atoms with Crippen molar-refractivity contribution in [2.45, 2.75) is 33.0 Å². The Morgan fingerprint density at radius 1 is 1.05 bits per heavy atom. The minimum absolute atomic E-state index is 0.111. The molecule has 0 radical (unpaired) electrons. The number of hydrogen-bond acceptors (Lipinski definition) is 2. The lowest BCUT2D eigenvalue weighted by atomic mass is 10.00. The SMILES string of the molecule is Cc1cc(C(O)c2cccc(OC(C)C)c2)ccc1Cl. The molecule has 0 fully saturated rings. The van der Waals surface area contributed by atoms with E-state index < -0.39 is 6.10 Å². The van der Waals surface area contributed by atoms with Crippen molar-refractivity contribution < 1.29 is 9.84 Å². The fourth-order valence-electron chi connectivity index (χ4n) is 2.06.